The highest BCUT2D eigenvalue weighted by Gasteiger charge is 2.12. The summed E-state index contributed by atoms with van der Waals surface area (Å²) in [5.41, 5.74) is 5.45. The first-order valence-corrected chi connectivity index (χ1v) is 3.57. The molecule has 0 aromatic carbocycles. The molecule has 1 rings (SSSR count). The van der Waals surface area contributed by atoms with Gasteiger partial charge in [0.2, 0.25) is 0 Å². The van der Waals surface area contributed by atoms with E-state index >= 15 is 0 Å². The first-order valence-electron chi connectivity index (χ1n) is 2.65. The molecule has 0 aliphatic carbocycles. The van der Waals surface area contributed by atoms with Crippen LogP contribution in [0.15, 0.2) is 0 Å². The predicted octanol–water partition coefficient (Wildman–Crippen LogP) is -0.815. The van der Waals surface area contributed by atoms with Crippen LogP contribution in [-0.2, 0) is 0 Å². The van der Waals surface area contributed by atoms with Crippen molar-refractivity contribution in [2.24, 2.45) is 5.73 Å². The van der Waals surface area contributed by atoms with Crippen molar-refractivity contribution >= 4 is 15.9 Å². The highest BCUT2D eigenvalue weighted by molar-refractivity contribution is 9.09. The zero-order valence-corrected chi connectivity index (χ0v) is 6.11. The van der Waals surface area contributed by atoms with Crippen LogP contribution in [0.3, 0.4) is 0 Å². The maximum atomic E-state index is 5.45. The molecule has 0 saturated carbocycles. The number of hydrogen-bond donors (Lipinski definition) is 3. The lowest BCUT2D eigenvalue weighted by molar-refractivity contribution is 0.388. The minimum Gasteiger partial charge on any atom is -0.304 e. The molecule has 0 aromatic heterocycles. The lowest BCUT2D eigenvalue weighted by Gasteiger charge is -2.24. The normalized spacial score (nSPS) is 39.8. The minimum atomic E-state index is -0.0104. The van der Waals surface area contributed by atoms with Gasteiger partial charge in [-0.1, -0.05) is 15.9 Å². The van der Waals surface area contributed by atoms with Crippen molar-refractivity contribution in [3.05, 3.63) is 0 Å². The fourth-order valence-electron chi connectivity index (χ4n) is 0.654. The van der Waals surface area contributed by atoms with Gasteiger partial charge in [-0.25, -0.2) is 0 Å². The Balaban J connectivity index is 2.19. The van der Waals surface area contributed by atoms with Crippen LogP contribution in [-0.4, -0.2) is 24.2 Å². The molecule has 48 valence electrons. The second kappa shape index (κ2) is 2.77. The van der Waals surface area contributed by atoms with Gasteiger partial charge in [-0.05, 0) is 0 Å². The molecule has 0 bridgehead atoms. The smallest absolute Gasteiger partial charge is 0.109 e. The molecule has 0 aromatic rings. The van der Waals surface area contributed by atoms with Gasteiger partial charge in [-0.3, -0.25) is 10.6 Å². The summed E-state index contributed by atoms with van der Waals surface area (Å²) in [5.74, 6) is 0. The summed E-state index contributed by atoms with van der Waals surface area (Å²) in [6.45, 7) is 1.91. The van der Waals surface area contributed by atoms with Gasteiger partial charge < -0.3 is 5.73 Å². The quantitative estimate of drug-likeness (QED) is 0.427. The third-order valence-electron chi connectivity index (χ3n) is 1.12. The Kier molecular flexibility index (Phi) is 2.25. The summed E-state index contributed by atoms with van der Waals surface area (Å²) < 4.78 is 0. The summed E-state index contributed by atoms with van der Waals surface area (Å²) in [5, 5.41) is 6.10. The van der Waals surface area contributed by atoms with Crippen LogP contribution in [0.25, 0.3) is 0 Å². The molecule has 0 radical (unpaired) electrons. The minimum absolute atomic E-state index is 0.0104. The zero-order chi connectivity index (χ0) is 5.98. The number of nitrogens with one attached hydrogen (secondary N) is 2. The van der Waals surface area contributed by atoms with E-state index in [4.69, 9.17) is 5.73 Å². The summed E-state index contributed by atoms with van der Waals surface area (Å²) in [7, 11) is 0. The Labute approximate surface area is 57.1 Å². The number of hydrogen-bond acceptors (Lipinski definition) is 3. The van der Waals surface area contributed by atoms with Crippen molar-refractivity contribution < 1.29 is 0 Å². The predicted molar refractivity (Wildman–Crippen MR) is 36.7 cm³/mol. The van der Waals surface area contributed by atoms with Gasteiger partial charge in [-0.15, -0.1) is 0 Å². The molecular formula is C4H10BrN3. The SMILES string of the molecule is NC1NCC(Br)CN1. The van der Waals surface area contributed by atoms with Crippen molar-refractivity contribution in [3.8, 4) is 0 Å². The van der Waals surface area contributed by atoms with Crippen LogP contribution in [0.5, 0.6) is 0 Å². The van der Waals surface area contributed by atoms with Crippen LogP contribution >= 0.6 is 15.9 Å². The first kappa shape index (κ1) is 6.48. The third-order valence-corrected chi connectivity index (χ3v) is 1.77. The Morgan fingerprint density at radius 1 is 1.38 bits per heavy atom. The second-order valence-electron chi connectivity index (χ2n) is 1.89. The van der Waals surface area contributed by atoms with E-state index in [1.54, 1.807) is 0 Å². The van der Waals surface area contributed by atoms with Gasteiger partial charge in [-0.2, -0.15) is 0 Å². The van der Waals surface area contributed by atoms with Crippen molar-refractivity contribution in [1.82, 2.24) is 10.6 Å². The zero-order valence-electron chi connectivity index (χ0n) is 4.52. The van der Waals surface area contributed by atoms with E-state index in [-0.39, 0.29) is 6.29 Å². The molecule has 4 heteroatoms. The van der Waals surface area contributed by atoms with Crippen molar-refractivity contribution in [2.45, 2.75) is 11.1 Å². The molecule has 1 fully saturated rings. The fourth-order valence-corrected chi connectivity index (χ4v) is 1.03. The van der Waals surface area contributed by atoms with Gasteiger partial charge in [0, 0.05) is 17.9 Å². The molecule has 4 N–H and O–H groups in total. The molecule has 0 amide bonds. The second-order valence-corrected chi connectivity index (χ2v) is 3.19. The van der Waals surface area contributed by atoms with Crippen LogP contribution in [0.2, 0.25) is 0 Å². The molecule has 0 spiro atoms. The molecule has 1 aliphatic rings. The highest BCUT2D eigenvalue weighted by atomic mass is 79.9. The number of alkyl halides is 1. The molecule has 0 unspecified atom stereocenters. The average molecular weight is 180 g/mol. The molecule has 1 aliphatic heterocycles. The number of halogens is 1. The summed E-state index contributed by atoms with van der Waals surface area (Å²) in [6.07, 6.45) is -0.0104. The van der Waals surface area contributed by atoms with Crippen LogP contribution in [0, 0.1) is 0 Å². The van der Waals surface area contributed by atoms with Gasteiger partial charge in [0.15, 0.2) is 0 Å². The molecule has 1 saturated heterocycles. The fraction of sp³-hybridized carbons (Fsp3) is 1.00. The third kappa shape index (κ3) is 1.70. The summed E-state index contributed by atoms with van der Waals surface area (Å²) in [6, 6.07) is 0. The standard InChI is InChI=1S/C4H10BrN3/c5-3-1-7-4(6)8-2-3/h3-4,7-8H,1-2,6H2. The Hall–Kier alpha value is 0.360. The lowest BCUT2D eigenvalue weighted by Crippen LogP contribution is -2.57. The van der Waals surface area contributed by atoms with Crippen molar-refractivity contribution in [3.63, 3.8) is 0 Å². The Morgan fingerprint density at radius 2 is 1.88 bits per heavy atom. The van der Waals surface area contributed by atoms with E-state index in [1.165, 1.54) is 0 Å². The lowest BCUT2D eigenvalue weighted by atomic mass is 10.3. The van der Waals surface area contributed by atoms with E-state index in [1.807, 2.05) is 0 Å². The molecule has 1 heterocycles. The van der Waals surface area contributed by atoms with Gasteiger partial charge in [0.25, 0.3) is 0 Å². The van der Waals surface area contributed by atoms with Crippen molar-refractivity contribution in [2.75, 3.05) is 13.1 Å². The van der Waals surface area contributed by atoms with E-state index in [9.17, 15) is 0 Å². The van der Waals surface area contributed by atoms with E-state index < -0.39 is 0 Å². The van der Waals surface area contributed by atoms with Crippen LogP contribution < -0.4 is 16.4 Å². The van der Waals surface area contributed by atoms with E-state index in [0.717, 1.165) is 13.1 Å². The Morgan fingerprint density at radius 3 is 2.25 bits per heavy atom. The number of rotatable bonds is 0. The number of nitrogens with two attached hydrogens (primary N) is 1. The highest BCUT2D eigenvalue weighted by Crippen LogP contribution is 1.98. The summed E-state index contributed by atoms with van der Waals surface area (Å²) >= 11 is 3.44. The first-order chi connectivity index (χ1) is 3.79. The van der Waals surface area contributed by atoms with Gasteiger partial charge in [0.05, 0.1) is 0 Å². The molecule has 0 atom stereocenters. The largest absolute Gasteiger partial charge is 0.304 e. The maximum Gasteiger partial charge on any atom is 0.109 e. The van der Waals surface area contributed by atoms with Crippen LogP contribution in [0.1, 0.15) is 0 Å². The maximum absolute atomic E-state index is 5.45. The van der Waals surface area contributed by atoms with Gasteiger partial charge >= 0.3 is 0 Å². The van der Waals surface area contributed by atoms with Crippen LogP contribution in [0.4, 0.5) is 0 Å². The van der Waals surface area contributed by atoms with E-state index in [0.29, 0.717) is 4.83 Å². The Bertz CT molecular complexity index is 59.7. The topological polar surface area (TPSA) is 50.1 Å². The summed E-state index contributed by atoms with van der Waals surface area (Å²) in [4.78, 5) is 0.530. The van der Waals surface area contributed by atoms with Gasteiger partial charge in [0.1, 0.15) is 6.29 Å². The monoisotopic (exact) mass is 179 g/mol. The molecule has 3 nitrogen and oxygen atoms in total. The molecule has 8 heavy (non-hydrogen) atoms. The molecular weight excluding hydrogens is 170 g/mol. The average Bonchev–Trinajstić information content (AvgIpc) is 1.77. The van der Waals surface area contributed by atoms with E-state index in [2.05, 4.69) is 26.6 Å². The van der Waals surface area contributed by atoms with Crippen molar-refractivity contribution in [1.29, 1.82) is 0 Å².